The van der Waals surface area contributed by atoms with Crippen LogP contribution in [-0.4, -0.2) is 0 Å². The van der Waals surface area contributed by atoms with Crippen molar-refractivity contribution in [2.75, 3.05) is 10.9 Å². The molecule has 0 saturated heterocycles. The molecular formula is C13H10F2N2. The molecule has 1 aliphatic heterocycles. The molecule has 3 rings (SSSR count). The highest BCUT2D eigenvalue weighted by molar-refractivity contribution is 5.65. The Hall–Kier alpha value is -2.10. The summed E-state index contributed by atoms with van der Waals surface area (Å²) in [5.74, 6) is -0.592. The lowest BCUT2D eigenvalue weighted by atomic mass is 10.0. The minimum Gasteiger partial charge on any atom is -0.300 e. The number of hydrazine groups is 1. The van der Waals surface area contributed by atoms with Crippen LogP contribution in [0, 0.1) is 11.6 Å². The van der Waals surface area contributed by atoms with Crippen molar-refractivity contribution in [3.05, 3.63) is 59.2 Å². The van der Waals surface area contributed by atoms with Crippen LogP contribution in [0.15, 0.2) is 36.4 Å². The van der Waals surface area contributed by atoms with Gasteiger partial charge in [-0.3, -0.25) is 0 Å². The second-order valence-electron chi connectivity index (χ2n) is 4.03. The molecule has 1 heterocycles. The first-order chi connectivity index (χ1) is 8.22. The van der Waals surface area contributed by atoms with Gasteiger partial charge in [-0.15, -0.1) is 0 Å². The highest BCUT2D eigenvalue weighted by Gasteiger charge is 2.13. The lowest BCUT2D eigenvalue weighted by molar-refractivity contribution is 0.627. The van der Waals surface area contributed by atoms with Crippen LogP contribution in [0.5, 0.6) is 0 Å². The lowest BCUT2D eigenvalue weighted by Gasteiger charge is -2.09. The first kappa shape index (κ1) is 10.1. The molecule has 2 aromatic rings. The predicted octanol–water partition coefficient (Wildman–Crippen LogP) is 3.31. The molecule has 0 atom stereocenters. The van der Waals surface area contributed by atoms with Crippen LogP contribution in [-0.2, 0) is 6.42 Å². The number of hydrogen-bond donors (Lipinski definition) is 2. The average molecular weight is 232 g/mol. The Kier molecular flexibility index (Phi) is 2.21. The standard InChI is InChI=1S/C13H10F2N2/c14-10-3-1-8-5-9-2-4-11(15)7-13(9)17-16-12(8)6-10/h1-4,6-7,16-17H,5H2. The number of fused-ring (bicyclic) bond motifs is 2. The Bertz CT molecular complexity index is 530. The molecule has 0 saturated carbocycles. The van der Waals surface area contributed by atoms with Crippen molar-refractivity contribution < 1.29 is 8.78 Å². The zero-order chi connectivity index (χ0) is 11.8. The Morgan fingerprint density at radius 3 is 1.71 bits per heavy atom. The molecule has 2 N–H and O–H groups in total. The number of halogens is 2. The van der Waals surface area contributed by atoms with Crippen LogP contribution in [0.3, 0.4) is 0 Å². The molecule has 17 heavy (non-hydrogen) atoms. The van der Waals surface area contributed by atoms with Crippen LogP contribution in [0.25, 0.3) is 0 Å². The third-order valence-electron chi connectivity index (χ3n) is 2.86. The maximum absolute atomic E-state index is 13.1. The first-order valence-electron chi connectivity index (χ1n) is 5.31. The van der Waals surface area contributed by atoms with E-state index in [9.17, 15) is 8.78 Å². The molecular weight excluding hydrogens is 222 g/mol. The van der Waals surface area contributed by atoms with E-state index >= 15 is 0 Å². The van der Waals surface area contributed by atoms with E-state index in [-0.39, 0.29) is 11.6 Å². The Labute approximate surface area is 97.2 Å². The summed E-state index contributed by atoms with van der Waals surface area (Å²) in [5.41, 5.74) is 9.10. The molecule has 0 aliphatic carbocycles. The van der Waals surface area contributed by atoms with Gasteiger partial charge in [0.05, 0.1) is 11.4 Å². The van der Waals surface area contributed by atoms with Crippen molar-refractivity contribution in [1.82, 2.24) is 0 Å². The number of nitrogens with one attached hydrogen (secondary N) is 2. The van der Waals surface area contributed by atoms with Gasteiger partial charge in [-0.05, 0) is 35.4 Å². The van der Waals surface area contributed by atoms with Crippen LogP contribution < -0.4 is 10.9 Å². The van der Waals surface area contributed by atoms with Gasteiger partial charge in [-0.2, -0.15) is 0 Å². The van der Waals surface area contributed by atoms with Crippen LogP contribution >= 0.6 is 0 Å². The minimum absolute atomic E-state index is 0.296. The molecule has 86 valence electrons. The quantitative estimate of drug-likeness (QED) is 0.728. The summed E-state index contributed by atoms with van der Waals surface area (Å²) in [6.45, 7) is 0. The number of benzene rings is 2. The molecule has 0 aromatic heterocycles. The Morgan fingerprint density at radius 2 is 1.24 bits per heavy atom. The highest BCUT2D eigenvalue weighted by Crippen LogP contribution is 2.28. The molecule has 0 amide bonds. The third-order valence-corrected chi connectivity index (χ3v) is 2.86. The van der Waals surface area contributed by atoms with Crippen molar-refractivity contribution in [2.45, 2.75) is 6.42 Å². The first-order valence-corrected chi connectivity index (χ1v) is 5.31. The molecule has 2 nitrogen and oxygen atoms in total. The topological polar surface area (TPSA) is 24.1 Å². The van der Waals surface area contributed by atoms with Crippen LogP contribution in [0.1, 0.15) is 11.1 Å². The van der Waals surface area contributed by atoms with Crippen molar-refractivity contribution in [1.29, 1.82) is 0 Å². The minimum atomic E-state index is -0.296. The average Bonchev–Trinajstić information content (AvgIpc) is 2.48. The smallest absolute Gasteiger partial charge is 0.125 e. The van der Waals surface area contributed by atoms with Gasteiger partial charge in [0.2, 0.25) is 0 Å². The van der Waals surface area contributed by atoms with Crippen LogP contribution in [0.2, 0.25) is 0 Å². The fourth-order valence-electron chi connectivity index (χ4n) is 1.98. The van der Waals surface area contributed by atoms with E-state index < -0.39 is 0 Å². The normalized spacial score (nSPS) is 12.8. The summed E-state index contributed by atoms with van der Waals surface area (Å²) in [6, 6.07) is 9.16. The second kappa shape index (κ2) is 3.73. The fourth-order valence-corrected chi connectivity index (χ4v) is 1.98. The molecule has 0 radical (unpaired) electrons. The van der Waals surface area contributed by atoms with E-state index in [0.29, 0.717) is 17.8 Å². The SMILES string of the molecule is Fc1ccc2c(c1)NNc1cc(F)ccc1C2. The molecule has 2 aromatic carbocycles. The summed E-state index contributed by atoms with van der Waals surface area (Å²) in [6.07, 6.45) is 0.644. The molecule has 1 aliphatic rings. The largest absolute Gasteiger partial charge is 0.300 e. The predicted molar refractivity (Wildman–Crippen MR) is 62.9 cm³/mol. The van der Waals surface area contributed by atoms with E-state index in [1.807, 2.05) is 0 Å². The summed E-state index contributed by atoms with van der Waals surface area (Å²) < 4.78 is 26.2. The van der Waals surface area contributed by atoms with Gasteiger partial charge in [-0.1, -0.05) is 12.1 Å². The van der Waals surface area contributed by atoms with Crippen molar-refractivity contribution in [3.8, 4) is 0 Å². The zero-order valence-electron chi connectivity index (χ0n) is 8.93. The van der Waals surface area contributed by atoms with Crippen molar-refractivity contribution in [3.63, 3.8) is 0 Å². The summed E-state index contributed by atoms with van der Waals surface area (Å²) in [4.78, 5) is 0. The van der Waals surface area contributed by atoms with Crippen LogP contribution in [0.4, 0.5) is 20.2 Å². The summed E-state index contributed by atoms with van der Waals surface area (Å²) >= 11 is 0. The van der Waals surface area contributed by atoms with Gasteiger partial charge in [-0.25, -0.2) is 8.78 Å². The van der Waals surface area contributed by atoms with Crippen molar-refractivity contribution >= 4 is 11.4 Å². The molecule has 0 spiro atoms. The third kappa shape index (κ3) is 1.82. The number of hydrogen-bond acceptors (Lipinski definition) is 2. The summed E-state index contributed by atoms with van der Waals surface area (Å²) in [5, 5.41) is 0. The molecule has 0 unspecified atom stereocenters. The van der Waals surface area contributed by atoms with Gasteiger partial charge in [0.15, 0.2) is 0 Å². The summed E-state index contributed by atoms with van der Waals surface area (Å²) in [7, 11) is 0. The van der Waals surface area contributed by atoms with Crippen molar-refractivity contribution in [2.24, 2.45) is 0 Å². The maximum atomic E-state index is 13.1. The molecule has 0 fully saturated rings. The van der Waals surface area contributed by atoms with E-state index in [0.717, 1.165) is 11.1 Å². The number of rotatable bonds is 0. The second-order valence-corrected chi connectivity index (χ2v) is 4.03. The zero-order valence-corrected chi connectivity index (χ0v) is 8.93. The monoisotopic (exact) mass is 232 g/mol. The van der Waals surface area contributed by atoms with E-state index in [1.165, 1.54) is 24.3 Å². The molecule has 0 bridgehead atoms. The van der Waals surface area contributed by atoms with E-state index in [1.54, 1.807) is 12.1 Å². The highest BCUT2D eigenvalue weighted by atomic mass is 19.1. The Balaban J connectivity index is 2.07. The van der Waals surface area contributed by atoms with Gasteiger partial charge in [0.1, 0.15) is 11.6 Å². The van der Waals surface area contributed by atoms with E-state index in [4.69, 9.17) is 0 Å². The van der Waals surface area contributed by atoms with Gasteiger partial charge < -0.3 is 10.9 Å². The van der Waals surface area contributed by atoms with Gasteiger partial charge in [0.25, 0.3) is 0 Å². The molecule has 4 heteroatoms. The van der Waals surface area contributed by atoms with Gasteiger partial charge in [0, 0.05) is 6.42 Å². The van der Waals surface area contributed by atoms with E-state index in [2.05, 4.69) is 10.9 Å². The maximum Gasteiger partial charge on any atom is 0.125 e. The van der Waals surface area contributed by atoms with Gasteiger partial charge >= 0.3 is 0 Å². The lowest BCUT2D eigenvalue weighted by Crippen LogP contribution is -2.08. The Morgan fingerprint density at radius 1 is 0.765 bits per heavy atom. The number of anilines is 2. The fraction of sp³-hybridized carbons (Fsp3) is 0.0769.